The number of rotatable bonds is 23. The molecule has 172 valence electrons. The summed E-state index contributed by atoms with van der Waals surface area (Å²) in [6, 6.07) is 0. The number of allylic oxidation sites excluding steroid dienone is 4. The molecule has 0 aliphatic carbocycles. The van der Waals surface area contributed by atoms with E-state index in [4.69, 9.17) is 0 Å². The summed E-state index contributed by atoms with van der Waals surface area (Å²) < 4.78 is 0. The molecule has 1 heteroatoms. The van der Waals surface area contributed by atoms with Crippen molar-refractivity contribution in [3.63, 3.8) is 0 Å². The van der Waals surface area contributed by atoms with Crippen LogP contribution >= 0.6 is 0 Å². The molecule has 0 aromatic carbocycles. The summed E-state index contributed by atoms with van der Waals surface area (Å²) in [6.07, 6.45) is 36.2. The molecule has 0 aliphatic heterocycles. The van der Waals surface area contributed by atoms with Crippen LogP contribution < -0.4 is 0 Å². The zero-order chi connectivity index (χ0) is 21.3. The Labute approximate surface area is 184 Å². The Morgan fingerprint density at radius 3 is 1.38 bits per heavy atom. The average Bonchev–Trinajstić information content (AvgIpc) is 2.72. The molecule has 0 aromatic heterocycles. The van der Waals surface area contributed by atoms with E-state index in [1.54, 1.807) is 0 Å². The highest BCUT2D eigenvalue weighted by Gasteiger charge is 2.03. The van der Waals surface area contributed by atoms with Gasteiger partial charge in [0.25, 0.3) is 0 Å². The Hall–Kier alpha value is -0.560. The topological polar surface area (TPSA) is 20.2 Å². The number of hydrogen-bond donors (Lipinski definition) is 1. The van der Waals surface area contributed by atoms with Gasteiger partial charge in [-0.1, -0.05) is 128 Å². The van der Waals surface area contributed by atoms with Gasteiger partial charge >= 0.3 is 0 Å². The van der Waals surface area contributed by atoms with Crippen LogP contribution in [0.5, 0.6) is 0 Å². The van der Waals surface area contributed by atoms with Crippen molar-refractivity contribution in [2.24, 2.45) is 0 Å². The largest absolute Gasteiger partial charge is 0.393 e. The minimum absolute atomic E-state index is 0.0481. The van der Waals surface area contributed by atoms with Crippen LogP contribution in [0.1, 0.15) is 149 Å². The molecule has 0 heterocycles. The van der Waals surface area contributed by atoms with E-state index in [0.717, 1.165) is 19.3 Å². The van der Waals surface area contributed by atoms with Crippen molar-refractivity contribution in [1.29, 1.82) is 0 Å². The first-order valence-corrected chi connectivity index (χ1v) is 13.3. The number of unbranched alkanes of at least 4 members (excludes halogenated alkanes) is 15. The molecule has 0 bridgehead atoms. The molecule has 0 amide bonds. The molecule has 0 saturated heterocycles. The van der Waals surface area contributed by atoms with Crippen molar-refractivity contribution in [1.82, 2.24) is 0 Å². The van der Waals surface area contributed by atoms with Crippen molar-refractivity contribution in [3.8, 4) is 0 Å². The zero-order valence-corrected chi connectivity index (χ0v) is 20.2. The van der Waals surface area contributed by atoms with E-state index in [9.17, 15) is 5.11 Å². The fourth-order valence-electron chi connectivity index (χ4n) is 3.85. The standard InChI is InChI=1S/C28H54O/c1-3-5-7-9-11-13-14-15-16-17-18-19-21-23-25-27-28(29)26-24-22-20-12-10-8-6-4-2/h11,13,15-16,28-29H,3-10,12,14,17-27H2,1-2H3/b13-11-,16-15-. The lowest BCUT2D eigenvalue weighted by molar-refractivity contribution is 0.147. The Bertz CT molecular complexity index is 344. The van der Waals surface area contributed by atoms with E-state index < -0.39 is 0 Å². The van der Waals surface area contributed by atoms with Crippen LogP contribution in [0.3, 0.4) is 0 Å². The minimum atomic E-state index is -0.0481. The highest BCUT2D eigenvalue weighted by Crippen LogP contribution is 2.14. The van der Waals surface area contributed by atoms with Crippen LogP contribution in [0.15, 0.2) is 24.3 Å². The molecule has 29 heavy (non-hydrogen) atoms. The van der Waals surface area contributed by atoms with Gasteiger partial charge in [-0.2, -0.15) is 0 Å². The summed E-state index contributed by atoms with van der Waals surface area (Å²) in [7, 11) is 0. The number of aliphatic hydroxyl groups is 1. The molecule has 0 aliphatic rings. The highest BCUT2D eigenvalue weighted by atomic mass is 16.3. The van der Waals surface area contributed by atoms with Crippen LogP contribution in [0, 0.1) is 0 Å². The smallest absolute Gasteiger partial charge is 0.0540 e. The molecule has 1 nitrogen and oxygen atoms in total. The quantitative estimate of drug-likeness (QED) is 0.132. The van der Waals surface area contributed by atoms with Crippen LogP contribution in [-0.2, 0) is 0 Å². The summed E-state index contributed by atoms with van der Waals surface area (Å²) >= 11 is 0. The first kappa shape index (κ1) is 28.4. The molecule has 0 fully saturated rings. The molecule has 1 unspecified atom stereocenters. The maximum absolute atomic E-state index is 10.1. The summed E-state index contributed by atoms with van der Waals surface area (Å²) in [6.45, 7) is 4.53. The van der Waals surface area contributed by atoms with E-state index >= 15 is 0 Å². The third-order valence-electron chi connectivity index (χ3n) is 5.88. The van der Waals surface area contributed by atoms with E-state index in [2.05, 4.69) is 38.2 Å². The zero-order valence-electron chi connectivity index (χ0n) is 20.2. The average molecular weight is 407 g/mol. The van der Waals surface area contributed by atoms with Gasteiger partial charge < -0.3 is 5.11 Å². The fraction of sp³-hybridized carbons (Fsp3) is 0.857. The van der Waals surface area contributed by atoms with Crippen molar-refractivity contribution in [3.05, 3.63) is 24.3 Å². The van der Waals surface area contributed by atoms with Gasteiger partial charge in [0.2, 0.25) is 0 Å². The normalized spacial score (nSPS) is 13.1. The van der Waals surface area contributed by atoms with Crippen LogP contribution in [-0.4, -0.2) is 11.2 Å². The summed E-state index contributed by atoms with van der Waals surface area (Å²) in [5.74, 6) is 0. The molecule has 0 spiro atoms. The predicted octanol–water partition coefficient (Wildman–Crippen LogP) is 9.69. The molecule has 0 aromatic rings. The maximum atomic E-state index is 10.1. The van der Waals surface area contributed by atoms with E-state index in [1.807, 2.05) is 0 Å². The van der Waals surface area contributed by atoms with Gasteiger partial charge in [0.15, 0.2) is 0 Å². The monoisotopic (exact) mass is 406 g/mol. The van der Waals surface area contributed by atoms with Crippen molar-refractivity contribution in [2.45, 2.75) is 155 Å². The summed E-state index contributed by atoms with van der Waals surface area (Å²) in [5.41, 5.74) is 0. The third-order valence-corrected chi connectivity index (χ3v) is 5.88. The second-order valence-corrected chi connectivity index (χ2v) is 8.94. The Morgan fingerprint density at radius 2 is 0.862 bits per heavy atom. The van der Waals surface area contributed by atoms with Gasteiger partial charge in [0.05, 0.1) is 6.10 Å². The molecule has 0 radical (unpaired) electrons. The van der Waals surface area contributed by atoms with Crippen molar-refractivity contribution in [2.75, 3.05) is 0 Å². The van der Waals surface area contributed by atoms with Gasteiger partial charge in [-0.3, -0.25) is 0 Å². The third kappa shape index (κ3) is 25.4. The van der Waals surface area contributed by atoms with Crippen LogP contribution in [0.25, 0.3) is 0 Å². The van der Waals surface area contributed by atoms with Gasteiger partial charge in [-0.25, -0.2) is 0 Å². The SMILES string of the molecule is CCCCC/C=C\C/C=C\CCCCCCCC(O)CCCCCCCCCC. The lowest BCUT2D eigenvalue weighted by Gasteiger charge is -2.10. The lowest BCUT2D eigenvalue weighted by atomic mass is 10.0. The molecular formula is C28H54O. The molecule has 0 rings (SSSR count). The Balaban J connectivity index is 3.24. The van der Waals surface area contributed by atoms with Crippen molar-refractivity contribution < 1.29 is 5.11 Å². The van der Waals surface area contributed by atoms with Gasteiger partial charge in [0, 0.05) is 0 Å². The molecular weight excluding hydrogens is 352 g/mol. The first-order chi connectivity index (χ1) is 14.3. The second kappa shape index (κ2) is 25.5. The predicted molar refractivity (Wildman–Crippen MR) is 133 cm³/mol. The highest BCUT2D eigenvalue weighted by molar-refractivity contribution is 4.92. The Kier molecular flexibility index (Phi) is 25.0. The van der Waals surface area contributed by atoms with Crippen LogP contribution in [0.4, 0.5) is 0 Å². The summed E-state index contributed by atoms with van der Waals surface area (Å²) in [4.78, 5) is 0. The van der Waals surface area contributed by atoms with Crippen molar-refractivity contribution >= 4 is 0 Å². The minimum Gasteiger partial charge on any atom is -0.393 e. The van der Waals surface area contributed by atoms with Gasteiger partial charge in [-0.15, -0.1) is 0 Å². The van der Waals surface area contributed by atoms with Crippen LogP contribution in [0.2, 0.25) is 0 Å². The molecule has 0 saturated carbocycles. The first-order valence-electron chi connectivity index (χ1n) is 13.3. The molecule has 1 atom stereocenters. The van der Waals surface area contributed by atoms with E-state index in [1.165, 1.54) is 116 Å². The Morgan fingerprint density at radius 1 is 0.483 bits per heavy atom. The molecule has 1 N–H and O–H groups in total. The number of hydrogen-bond acceptors (Lipinski definition) is 1. The summed E-state index contributed by atoms with van der Waals surface area (Å²) in [5, 5.41) is 10.1. The van der Waals surface area contributed by atoms with Gasteiger partial charge in [0.1, 0.15) is 0 Å². The lowest BCUT2D eigenvalue weighted by Crippen LogP contribution is -2.05. The fourth-order valence-corrected chi connectivity index (χ4v) is 3.85. The number of aliphatic hydroxyl groups excluding tert-OH is 1. The van der Waals surface area contributed by atoms with Gasteiger partial charge in [-0.05, 0) is 44.9 Å². The van der Waals surface area contributed by atoms with E-state index in [0.29, 0.717) is 0 Å². The second-order valence-electron chi connectivity index (χ2n) is 8.94. The van der Waals surface area contributed by atoms with E-state index in [-0.39, 0.29) is 6.10 Å². The maximum Gasteiger partial charge on any atom is 0.0540 e.